The van der Waals surface area contributed by atoms with E-state index in [-0.39, 0.29) is 29.4 Å². The van der Waals surface area contributed by atoms with Crippen molar-refractivity contribution in [3.05, 3.63) is 59.4 Å². The lowest BCUT2D eigenvalue weighted by molar-refractivity contribution is -0.141. The van der Waals surface area contributed by atoms with Gasteiger partial charge in [0, 0.05) is 0 Å². The van der Waals surface area contributed by atoms with E-state index in [1.807, 2.05) is 0 Å². The highest BCUT2D eigenvalue weighted by atomic mass is 32.2. The van der Waals surface area contributed by atoms with Gasteiger partial charge in [-0.05, 0) is 62.7 Å². The molecule has 0 aliphatic rings. The number of hydrogen-bond donors (Lipinski definition) is 0. The van der Waals surface area contributed by atoms with E-state index in [1.165, 1.54) is 18.2 Å². The van der Waals surface area contributed by atoms with Crippen LogP contribution in [0.25, 0.3) is 0 Å². The first-order valence-corrected chi connectivity index (χ1v) is 10.4. The SMILES string of the molecule is CCOC(=O)CN(c1cccc(C(=O)OCC)c1C)S(=O)(=O)c1ccc(F)cc1. The highest BCUT2D eigenvalue weighted by molar-refractivity contribution is 7.92. The first-order valence-electron chi connectivity index (χ1n) is 8.93. The molecule has 0 spiro atoms. The summed E-state index contributed by atoms with van der Waals surface area (Å²) < 4.78 is 50.5. The van der Waals surface area contributed by atoms with Gasteiger partial charge >= 0.3 is 11.9 Å². The molecule has 0 unspecified atom stereocenters. The largest absolute Gasteiger partial charge is 0.465 e. The molecular formula is C20H22FNO6S. The van der Waals surface area contributed by atoms with Crippen molar-refractivity contribution in [3.63, 3.8) is 0 Å². The van der Waals surface area contributed by atoms with E-state index in [4.69, 9.17) is 9.47 Å². The van der Waals surface area contributed by atoms with Crippen LogP contribution in [0.3, 0.4) is 0 Å². The molecule has 0 amide bonds. The van der Waals surface area contributed by atoms with Crippen LogP contribution in [0.5, 0.6) is 0 Å². The van der Waals surface area contributed by atoms with Crippen molar-refractivity contribution in [2.45, 2.75) is 25.7 Å². The fourth-order valence-electron chi connectivity index (χ4n) is 2.68. The van der Waals surface area contributed by atoms with E-state index in [1.54, 1.807) is 20.8 Å². The van der Waals surface area contributed by atoms with Crippen LogP contribution in [0.1, 0.15) is 29.8 Å². The Hall–Kier alpha value is -2.94. The molecule has 0 N–H and O–H groups in total. The van der Waals surface area contributed by atoms with Crippen molar-refractivity contribution >= 4 is 27.6 Å². The maximum atomic E-state index is 13.3. The third-order valence-electron chi connectivity index (χ3n) is 4.05. The topological polar surface area (TPSA) is 90.0 Å². The molecule has 0 saturated carbocycles. The Morgan fingerprint density at radius 2 is 1.62 bits per heavy atom. The second-order valence-corrected chi connectivity index (χ2v) is 7.80. The number of esters is 2. The smallest absolute Gasteiger partial charge is 0.338 e. The van der Waals surface area contributed by atoms with E-state index in [0.29, 0.717) is 5.56 Å². The van der Waals surface area contributed by atoms with Gasteiger partial charge in [-0.25, -0.2) is 17.6 Å². The normalized spacial score (nSPS) is 11.0. The van der Waals surface area contributed by atoms with Crippen LogP contribution in [0.2, 0.25) is 0 Å². The lowest BCUT2D eigenvalue weighted by Crippen LogP contribution is -2.37. The third kappa shape index (κ3) is 5.11. The van der Waals surface area contributed by atoms with Crippen LogP contribution in [0.15, 0.2) is 47.4 Å². The molecule has 0 fully saturated rings. The molecule has 156 valence electrons. The van der Waals surface area contributed by atoms with Crippen LogP contribution < -0.4 is 4.31 Å². The summed E-state index contributed by atoms with van der Waals surface area (Å²) in [6, 6.07) is 8.70. The second-order valence-electron chi connectivity index (χ2n) is 5.94. The summed E-state index contributed by atoms with van der Waals surface area (Å²) >= 11 is 0. The van der Waals surface area contributed by atoms with Gasteiger partial charge in [0.2, 0.25) is 0 Å². The van der Waals surface area contributed by atoms with E-state index in [9.17, 15) is 22.4 Å². The molecule has 7 nitrogen and oxygen atoms in total. The third-order valence-corrected chi connectivity index (χ3v) is 5.82. The lowest BCUT2D eigenvalue weighted by Gasteiger charge is -2.26. The lowest BCUT2D eigenvalue weighted by atomic mass is 10.1. The number of halogens is 1. The Labute approximate surface area is 169 Å². The minimum Gasteiger partial charge on any atom is -0.465 e. The number of hydrogen-bond acceptors (Lipinski definition) is 6. The molecule has 0 heterocycles. The quantitative estimate of drug-likeness (QED) is 0.606. The zero-order chi connectivity index (χ0) is 21.6. The number of nitrogens with zero attached hydrogens (tertiary/aromatic N) is 1. The zero-order valence-electron chi connectivity index (χ0n) is 16.3. The van der Waals surface area contributed by atoms with Crippen molar-refractivity contribution in [1.82, 2.24) is 0 Å². The predicted molar refractivity (Wildman–Crippen MR) is 105 cm³/mol. The van der Waals surface area contributed by atoms with Gasteiger partial charge in [0.25, 0.3) is 10.0 Å². The van der Waals surface area contributed by atoms with Crippen molar-refractivity contribution in [2.24, 2.45) is 0 Å². The molecule has 9 heteroatoms. The number of benzene rings is 2. The maximum absolute atomic E-state index is 13.3. The highest BCUT2D eigenvalue weighted by Gasteiger charge is 2.30. The average Bonchev–Trinajstić information content (AvgIpc) is 2.67. The van der Waals surface area contributed by atoms with Gasteiger partial charge in [0.1, 0.15) is 12.4 Å². The fourth-order valence-corrected chi connectivity index (χ4v) is 4.15. The highest BCUT2D eigenvalue weighted by Crippen LogP contribution is 2.29. The number of anilines is 1. The molecule has 0 aliphatic heterocycles. The summed E-state index contributed by atoms with van der Waals surface area (Å²) in [4.78, 5) is 24.1. The van der Waals surface area contributed by atoms with E-state index >= 15 is 0 Å². The molecule has 0 saturated heterocycles. The van der Waals surface area contributed by atoms with Crippen molar-refractivity contribution in [3.8, 4) is 0 Å². The van der Waals surface area contributed by atoms with Gasteiger partial charge in [-0.3, -0.25) is 9.10 Å². The van der Waals surface area contributed by atoms with Crippen LogP contribution >= 0.6 is 0 Å². The molecule has 2 aromatic carbocycles. The average molecular weight is 423 g/mol. The Kier molecular flexibility index (Phi) is 7.33. The van der Waals surface area contributed by atoms with Crippen LogP contribution in [-0.4, -0.2) is 40.1 Å². The molecular weight excluding hydrogens is 401 g/mol. The minimum absolute atomic E-state index is 0.0745. The van der Waals surface area contributed by atoms with Gasteiger partial charge < -0.3 is 9.47 Å². The summed E-state index contributed by atoms with van der Waals surface area (Å²) in [6.45, 7) is 4.43. The van der Waals surface area contributed by atoms with Crippen LogP contribution in [-0.2, 0) is 24.3 Å². The first-order chi connectivity index (χ1) is 13.7. The van der Waals surface area contributed by atoms with Gasteiger partial charge in [0.15, 0.2) is 0 Å². The van der Waals surface area contributed by atoms with Crippen LogP contribution in [0, 0.1) is 12.7 Å². The molecule has 0 atom stereocenters. The fraction of sp³-hybridized carbons (Fsp3) is 0.300. The zero-order valence-corrected chi connectivity index (χ0v) is 17.2. The molecule has 2 rings (SSSR count). The van der Waals surface area contributed by atoms with E-state index in [0.717, 1.165) is 28.6 Å². The predicted octanol–water partition coefficient (Wildman–Crippen LogP) is 3.07. The van der Waals surface area contributed by atoms with Gasteiger partial charge in [-0.1, -0.05) is 6.07 Å². The second kappa shape index (κ2) is 9.51. The summed E-state index contributed by atoms with van der Waals surface area (Å²) in [7, 11) is -4.25. The summed E-state index contributed by atoms with van der Waals surface area (Å²) in [5.41, 5.74) is 0.612. The van der Waals surface area contributed by atoms with Crippen molar-refractivity contribution in [2.75, 3.05) is 24.1 Å². The molecule has 0 aliphatic carbocycles. The maximum Gasteiger partial charge on any atom is 0.338 e. The molecule has 0 aromatic heterocycles. The number of carbonyl (C=O) groups is 2. The summed E-state index contributed by atoms with van der Waals surface area (Å²) in [5.74, 6) is -1.97. The summed E-state index contributed by atoms with van der Waals surface area (Å²) in [6.07, 6.45) is 0. The van der Waals surface area contributed by atoms with Crippen LogP contribution in [0.4, 0.5) is 10.1 Å². The van der Waals surface area contributed by atoms with Gasteiger partial charge in [-0.15, -0.1) is 0 Å². The monoisotopic (exact) mass is 423 g/mol. The van der Waals surface area contributed by atoms with Gasteiger partial charge in [-0.2, -0.15) is 0 Å². The Balaban J connectivity index is 2.60. The number of rotatable bonds is 8. The Morgan fingerprint density at radius 3 is 2.21 bits per heavy atom. The first kappa shape index (κ1) is 22.4. The van der Waals surface area contributed by atoms with Crippen molar-refractivity contribution in [1.29, 1.82) is 0 Å². The molecule has 29 heavy (non-hydrogen) atoms. The number of sulfonamides is 1. The number of ether oxygens (including phenoxy) is 2. The van der Waals surface area contributed by atoms with Crippen molar-refractivity contribution < 1.29 is 31.9 Å². The summed E-state index contributed by atoms with van der Waals surface area (Å²) in [5, 5.41) is 0. The standard InChI is InChI=1S/C20H22FNO6S/c1-4-27-19(23)13-22(29(25,26)16-11-9-15(21)10-12-16)18-8-6-7-17(14(18)3)20(24)28-5-2/h6-12H,4-5,13H2,1-3H3. The van der Waals surface area contributed by atoms with E-state index < -0.39 is 34.3 Å². The molecule has 0 radical (unpaired) electrons. The Bertz CT molecular complexity index is 989. The van der Waals surface area contributed by atoms with Gasteiger partial charge in [0.05, 0.1) is 29.4 Å². The number of carbonyl (C=O) groups excluding carboxylic acids is 2. The molecule has 0 bridgehead atoms. The molecule has 2 aromatic rings. The Morgan fingerprint density at radius 1 is 1.00 bits per heavy atom. The van der Waals surface area contributed by atoms with E-state index in [2.05, 4.69) is 0 Å². The minimum atomic E-state index is -4.25.